The van der Waals surface area contributed by atoms with E-state index in [2.05, 4.69) is 82.8 Å². The summed E-state index contributed by atoms with van der Waals surface area (Å²) in [5, 5.41) is 0. The summed E-state index contributed by atoms with van der Waals surface area (Å²) < 4.78 is 2.34. The van der Waals surface area contributed by atoms with Crippen molar-refractivity contribution in [2.45, 2.75) is 73.3 Å². The second-order valence-electron chi connectivity index (χ2n) is 8.45. The minimum absolute atomic E-state index is 0.131. The molecular weight excluding hydrogens is 292 g/mol. The average Bonchev–Trinajstić information content (AvgIpc) is 2.94. The lowest BCUT2D eigenvalue weighted by Gasteiger charge is -2.35. The van der Waals surface area contributed by atoms with Crippen molar-refractivity contribution in [1.82, 2.24) is 9.55 Å². The third kappa shape index (κ3) is 3.43. The molecule has 1 aromatic heterocycles. The molecule has 2 heteroatoms. The molecule has 0 spiro atoms. The predicted octanol–water partition coefficient (Wildman–Crippen LogP) is 6.35. The van der Waals surface area contributed by atoms with Crippen LogP contribution in [0.1, 0.15) is 66.9 Å². The van der Waals surface area contributed by atoms with E-state index in [0.29, 0.717) is 5.92 Å². The Kier molecular flexibility index (Phi) is 5.27. The van der Waals surface area contributed by atoms with Gasteiger partial charge in [0.05, 0.1) is 17.4 Å². The van der Waals surface area contributed by atoms with Crippen molar-refractivity contribution in [3.8, 4) is 0 Å². The maximum atomic E-state index is 4.62. The lowest BCUT2D eigenvalue weighted by atomic mass is 9.72. The van der Waals surface area contributed by atoms with Gasteiger partial charge in [-0.1, -0.05) is 66.2 Å². The second kappa shape index (κ2) is 6.74. The van der Waals surface area contributed by atoms with Gasteiger partial charge in [0, 0.05) is 6.54 Å². The van der Waals surface area contributed by atoms with Crippen LogP contribution in [0.5, 0.6) is 0 Å². The zero-order valence-corrected chi connectivity index (χ0v) is 16.6. The highest BCUT2D eigenvalue weighted by Crippen LogP contribution is 2.37. The zero-order chi connectivity index (χ0) is 18.1. The summed E-state index contributed by atoms with van der Waals surface area (Å²) in [6.45, 7) is 21.1. The number of fused-ring (bicyclic) bond motifs is 1. The Morgan fingerprint density at radius 1 is 1.21 bits per heavy atom. The Bertz CT molecular complexity index is 719. The molecule has 0 N–H and O–H groups in total. The van der Waals surface area contributed by atoms with Crippen LogP contribution in [0, 0.1) is 11.3 Å². The lowest BCUT2D eigenvalue weighted by Crippen LogP contribution is -2.28. The molecular formula is C22H34N2. The minimum Gasteiger partial charge on any atom is -0.330 e. The quantitative estimate of drug-likeness (QED) is 0.542. The van der Waals surface area contributed by atoms with Crippen LogP contribution < -0.4 is 0 Å². The Labute approximate surface area is 148 Å². The monoisotopic (exact) mass is 326 g/mol. The first-order chi connectivity index (χ1) is 11.1. The summed E-state index contributed by atoms with van der Waals surface area (Å²) in [6.07, 6.45) is 4.27. The van der Waals surface area contributed by atoms with Crippen molar-refractivity contribution in [3.05, 3.63) is 42.2 Å². The van der Waals surface area contributed by atoms with Gasteiger partial charge in [0.1, 0.15) is 0 Å². The molecule has 0 saturated heterocycles. The standard InChI is InChI=1S/C22H34N2/c1-9-17(22(7,8)16(3)4)14-24-15-23-19-12-11-18(13-20(19)24)21(5,6)10-2/h11-13,15,17H,3,9-10,14H2,1-2,4-8H3. The molecule has 2 aromatic rings. The van der Waals surface area contributed by atoms with E-state index < -0.39 is 0 Å². The fraction of sp³-hybridized carbons (Fsp3) is 0.591. The number of rotatable bonds is 7. The summed E-state index contributed by atoms with van der Waals surface area (Å²) in [5.74, 6) is 0.551. The molecule has 1 aromatic carbocycles. The van der Waals surface area contributed by atoms with E-state index >= 15 is 0 Å². The van der Waals surface area contributed by atoms with Gasteiger partial charge >= 0.3 is 0 Å². The summed E-state index contributed by atoms with van der Waals surface area (Å²) >= 11 is 0. The molecule has 24 heavy (non-hydrogen) atoms. The van der Waals surface area contributed by atoms with E-state index in [4.69, 9.17) is 0 Å². The van der Waals surface area contributed by atoms with Crippen LogP contribution >= 0.6 is 0 Å². The number of hydrogen-bond donors (Lipinski definition) is 0. The SMILES string of the molecule is C=C(C)C(C)(C)C(CC)Cn1cnc2ccc(C(C)(C)CC)cc21. The number of benzene rings is 1. The lowest BCUT2D eigenvalue weighted by molar-refractivity contribution is 0.228. The van der Waals surface area contributed by atoms with E-state index in [9.17, 15) is 0 Å². The number of nitrogens with zero attached hydrogens (tertiary/aromatic N) is 2. The fourth-order valence-corrected chi connectivity index (χ4v) is 3.28. The van der Waals surface area contributed by atoms with Gasteiger partial charge in [0.15, 0.2) is 0 Å². The minimum atomic E-state index is 0.131. The third-order valence-corrected chi connectivity index (χ3v) is 6.32. The molecule has 0 aliphatic carbocycles. The van der Waals surface area contributed by atoms with Crippen molar-refractivity contribution >= 4 is 11.0 Å². The van der Waals surface area contributed by atoms with Crippen LogP contribution in [0.3, 0.4) is 0 Å². The third-order valence-electron chi connectivity index (χ3n) is 6.32. The van der Waals surface area contributed by atoms with Crippen LogP contribution in [0.15, 0.2) is 36.7 Å². The largest absolute Gasteiger partial charge is 0.330 e. The van der Waals surface area contributed by atoms with E-state index in [-0.39, 0.29) is 10.8 Å². The molecule has 0 radical (unpaired) electrons. The van der Waals surface area contributed by atoms with Gasteiger partial charge in [-0.2, -0.15) is 0 Å². The highest BCUT2D eigenvalue weighted by molar-refractivity contribution is 5.76. The molecule has 2 nitrogen and oxygen atoms in total. The molecule has 0 saturated carbocycles. The summed E-state index contributed by atoms with van der Waals surface area (Å²) in [6, 6.07) is 6.74. The van der Waals surface area contributed by atoms with E-state index in [0.717, 1.165) is 24.9 Å². The summed E-state index contributed by atoms with van der Waals surface area (Å²) in [5.41, 5.74) is 5.33. The molecule has 132 valence electrons. The Morgan fingerprint density at radius 2 is 1.88 bits per heavy atom. The molecule has 1 atom stereocenters. The summed E-state index contributed by atoms with van der Waals surface area (Å²) in [4.78, 5) is 4.62. The Balaban J connectivity index is 2.42. The van der Waals surface area contributed by atoms with Crippen LogP contribution in [0.4, 0.5) is 0 Å². The zero-order valence-electron chi connectivity index (χ0n) is 16.6. The van der Waals surface area contributed by atoms with Crippen molar-refractivity contribution < 1.29 is 0 Å². The van der Waals surface area contributed by atoms with Crippen LogP contribution in [0.25, 0.3) is 11.0 Å². The second-order valence-corrected chi connectivity index (χ2v) is 8.45. The smallest absolute Gasteiger partial charge is 0.0958 e. The van der Waals surface area contributed by atoms with Crippen molar-refractivity contribution in [2.24, 2.45) is 11.3 Å². The average molecular weight is 327 g/mol. The maximum Gasteiger partial charge on any atom is 0.0958 e. The van der Waals surface area contributed by atoms with E-state index in [1.54, 1.807) is 0 Å². The molecule has 1 unspecified atom stereocenters. The number of hydrogen-bond acceptors (Lipinski definition) is 1. The highest BCUT2D eigenvalue weighted by Gasteiger charge is 2.29. The van der Waals surface area contributed by atoms with Gasteiger partial charge in [0.25, 0.3) is 0 Å². The first-order valence-corrected chi connectivity index (χ1v) is 9.24. The fourth-order valence-electron chi connectivity index (χ4n) is 3.28. The van der Waals surface area contributed by atoms with Crippen molar-refractivity contribution in [3.63, 3.8) is 0 Å². The first-order valence-electron chi connectivity index (χ1n) is 9.24. The topological polar surface area (TPSA) is 17.8 Å². The van der Waals surface area contributed by atoms with Gasteiger partial charge in [-0.25, -0.2) is 4.98 Å². The van der Waals surface area contributed by atoms with E-state index in [1.807, 2.05) is 6.33 Å². The molecule has 0 fully saturated rings. The van der Waals surface area contributed by atoms with Gasteiger partial charge in [-0.05, 0) is 47.8 Å². The number of aromatic nitrogens is 2. The predicted molar refractivity (Wildman–Crippen MR) is 105 cm³/mol. The molecule has 0 aliphatic heterocycles. The van der Waals surface area contributed by atoms with Crippen LogP contribution in [-0.2, 0) is 12.0 Å². The number of imidazole rings is 1. The van der Waals surface area contributed by atoms with Gasteiger partial charge in [-0.3, -0.25) is 0 Å². The van der Waals surface area contributed by atoms with Crippen LogP contribution in [0.2, 0.25) is 0 Å². The van der Waals surface area contributed by atoms with Gasteiger partial charge < -0.3 is 4.57 Å². The molecule has 0 aliphatic rings. The van der Waals surface area contributed by atoms with Gasteiger partial charge in [-0.15, -0.1) is 0 Å². The Hall–Kier alpha value is -1.57. The number of allylic oxidation sites excluding steroid dienone is 1. The van der Waals surface area contributed by atoms with Gasteiger partial charge in [0.2, 0.25) is 0 Å². The molecule has 1 heterocycles. The van der Waals surface area contributed by atoms with Crippen LogP contribution in [-0.4, -0.2) is 9.55 Å². The highest BCUT2D eigenvalue weighted by atomic mass is 15.0. The summed E-state index contributed by atoms with van der Waals surface area (Å²) in [7, 11) is 0. The normalized spacial score (nSPS) is 14.1. The molecule has 0 bridgehead atoms. The molecule has 0 amide bonds. The van der Waals surface area contributed by atoms with Crippen molar-refractivity contribution in [2.75, 3.05) is 0 Å². The van der Waals surface area contributed by atoms with Crippen molar-refractivity contribution in [1.29, 1.82) is 0 Å². The first kappa shape index (κ1) is 18.8. The molecule has 2 rings (SSSR count). The Morgan fingerprint density at radius 3 is 2.42 bits per heavy atom. The maximum absolute atomic E-state index is 4.62. The van der Waals surface area contributed by atoms with E-state index in [1.165, 1.54) is 16.7 Å².